The van der Waals surface area contributed by atoms with Crippen molar-refractivity contribution in [1.82, 2.24) is 25.8 Å². The molecule has 7 N–H and O–H groups in total. The van der Waals surface area contributed by atoms with Crippen molar-refractivity contribution in [3.63, 3.8) is 0 Å². The molecule has 486 valence electrons. The molecule has 89 heavy (non-hydrogen) atoms. The number of esters is 2. The van der Waals surface area contributed by atoms with Gasteiger partial charge in [0.05, 0.1) is 60.0 Å². The number of aliphatic hydroxyl groups is 1. The maximum atomic E-state index is 14.8. The van der Waals surface area contributed by atoms with Gasteiger partial charge in [-0.2, -0.15) is 0 Å². The van der Waals surface area contributed by atoms with Gasteiger partial charge in [0.25, 0.3) is 5.91 Å². The molecule has 24 nitrogen and oxygen atoms in total. The molecule has 2 radical (unpaired) electrons. The lowest BCUT2D eigenvalue weighted by Crippen LogP contribution is -2.54. The second-order valence-electron chi connectivity index (χ2n) is 24.2. The predicted molar refractivity (Wildman–Crippen MR) is 333 cm³/mol. The van der Waals surface area contributed by atoms with E-state index < -0.39 is 108 Å². The lowest BCUT2D eigenvalue weighted by molar-refractivity contribution is -0.187. The maximum absolute atomic E-state index is 14.8. The van der Waals surface area contributed by atoms with Crippen molar-refractivity contribution >= 4 is 91.5 Å². The number of imide groups is 1. The van der Waals surface area contributed by atoms with Crippen LogP contribution in [0, 0.1) is 17.8 Å². The monoisotopic (exact) mass is 1270 g/mol. The average molecular weight is 1280 g/mol. The number of urea groups is 1. The first-order chi connectivity index (χ1) is 42.0. The van der Waals surface area contributed by atoms with Gasteiger partial charge < -0.3 is 70.3 Å². The molecule has 0 aliphatic carbocycles. The van der Waals surface area contributed by atoms with Gasteiger partial charge in [0.2, 0.25) is 29.5 Å². The number of halogens is 1. The van der Waals surface area contributed by atoms with E-state index in [4.69, 9.17) is 45.8 Å². The highest BCUT2D eigenvalue weighted by atomic mass is 35.5. The van der Waals surface area contributed by atoms with Crippen molar-refractivity contribution in [2.24, 2.45) is 23.5 Å². The topological polar surface area (TPSA) is 316 Å². The number of unbranched alkanes of at least 4 members (excludes halogenated alkanes) is 2. The van der Waals surface area contributed by atoms with Gasteiger partial charge in [-0.05, 0) is 100 Å². The maximum Gasteiger partial charge on any atom is 0.328 e. The number of epoxide rings is 1. The smallest absolute Gasteiger partial charge is 0.328 e. The zero-order valence-electron chi connectivity index (χ0n) is 53.0. The number of likely N-dealkylation sites (N-methyl/N-ethyl adjacent to an activating group) is 1. The summed E-state index contributed by atoms with van der Waals surface area (Å²) in [6.07, 6.45) is 3.82. The van der Waals surface area contributed by atoms with Crippen LogP contribution >= 0.6 is 11.6 Å². The minimum Gasteiger partial charge on any atom is -0.497 e. The van der Waals surface area contributed by atoms with Crippen LogP contribution in [0.3, 0.4) is 0 Å². The van der Waals surface area contributed by atoms with Gasteiger partial charge in [-0.15, -0.1) is 0 Å². The van der Waals surface area contributed by atoms with Gasteiger partial charge in [-0.1, -0.05) is 69.5 Å². The van der Waals surface area contributed by atoms with Crippen LogP contribution in [0.5, 0.6) is 11.5 Å². The van der Waals surface area contributed by atoms with Crippen LogP contribution in [0.2, 0.25) is 5.02 Å². The number of amides is 8. The summed E-state index contributed by atoms with van der Waals surface area (Å²) in [5.74, 6) is -5.15. The number of hydrogen-bond donors (Lipinski definition) is 6. The minimum atomic E-state index is -1.68. The lowest BCUT2D eigenvalue weighted by atomic mass is 9.78. The Bertz CT molecular complexity index is 3070. The van der Waals surface area contributed by atoms with E-state index in [2.05, 4.69) is 31.1 Å². The Hall–Kier alpha value is -7.19. The Kier molecular flexibility index (Phi) is 24.7. The number of allylic oxidation sites excluding steroid dienone is 3. The zero-order valence-corrected chi connectivity index (χ0v) is 54.7. The highest BCUT2D eigenvalue weighted by molar-refractivity contribution is 6.37. The van der Waals surface area contributed by atoms with E-state index in [1.54, 1.807) is 45.1 Å². The molecule has 26 heteroatoms. The van der Waals surface area contributed by atoms with Crippen LogP contribution in [0.1, 0.15) is 129 Å². The van der Waals surface area contributed by atoms with E-state index in [0.29, 0.717) is 55.4 Å². The van der Waals surface area contributed by atoms with Crippen LogP contribution < -0.4 is 41.4 Å². The van der Waals surface area contributed by atoms with Gasteiger partial charge in [0.1, 0.15) is 64.2 Å². The Labute approximate surface area is 528 Å². The summed E-state index contributed by atoms with van der Waals surface area (Å²) in [6, 6.07) is 3.60. The summed E-state index contributed by atoms with van der Waals surface area (Å²) in [5, 5.41) is 24.2. The summed E-state index contributed by atoms with van der Waals surface area (Å²) in [5.41, 5.74) is 4.06. The number of hydrogen-bond acceptors (Lipinski definition) is 17. The van der Waals surface area contributed by atoms with Gasteiger partial charge in [-0.3, -0.25) is 38.5 Å². The molecule has 4 aliphatic rings. The quantitative estimate of drug-likeness (QED) is 0.0270. The molecule has 3 saturated heterocycles. The molecule has 0 aromatic heterocycles. The van der Waals surface area contributed by atoms with Crippen LogP contribution in [0.15, 0.2) is 54.1 Å². The molecule has 0 spiro atoms. The fourth-order valence-electron chi connectivity index (χ4n) is 11.5. The molecule has 4 bridgehead atoms. The lowest BCUT2D eigenvalue weighted by Gasteiger charge is -2.41. The fourth-order valence-corrected chi connectivity index (χ4v) is 12.1. The molecule has 11 atom stereocenters. The number of ether oxygens (including phenoxy) is 6. The highest BCUT2D eigenvalue weighted by Gasteiger charge is 2.64. The van der Waals surface area contributed by atoms with Gasteiger partial charge in [-0.25, -0.2) is 9.59 Å². The molecule has 4 aliphatic heterocycles. The Morgan fingerprint density at radius 2 is 1.67 bits per heavy atom. The molecular formula is C63H87ClN8O16Si. The van der Waals surface area contributed by atoms with Crippen molar-refractivity contribution in [2.75, 3.05) is 58.7 Å². The molecule has 8 amide bonds. The Balaban J connectivity index is 1.22. The Morgan fingerprint density at radius 1 is 0.955 bits per heavy atom. The van der Waals surface area contributed by atoms with Crippen LogP contribution in [0.4, 0.5) is 16.2 Å². The van der Waals surface area contributed by atoms with E-state index in [-0.39, 0.29) is 84.3 Å². The Morgan fingerprint density at radius 3 is 2.31 bits per heavy atom. The summed E-state index contributed by atoms with van der Waals surface area (Å²) < 4.78 is 35.4. The summed E-state index contributed by atoms with van der Waals surface area (Å²) >= 11 is 6.89. The van der Waals surface area contributed by atoms with Crippen molar-refractivity contribution in [3.05, 3.63) is 70.3 Å². The number of nitrogens with two attached hydrogens (primary N) is 1. The normalized spacial score (nSPS) is 25.7. The number of nitrogens with zero attached hydrogens (tertiary/aromatic N) is 3. The summed E-state index contributed by atoms with van der Waals surface area (Å²) in [6.45, 7) is 12.6. The minimum absolute atomic E-state index is 0.0104. The van der Waals surface area contributed by atoms with Gasteiger partial charge >= 0.3 is 18.0 Å². The molecule has 1 unspecified atom stereocenters. The third-order valence-corrected chi connectivity index (χ3v) is 17.9. The number of anilines is 2. The first-order valence-electron chi connectivity index (χ1n) is 30.0. The number of primary amides is 1. The first kappa shape index (κ1) is 70.9. The number of rotatable bonds is 24. The van der Waals surface area contributed by atoms with Gasteiger partial charge in [0.15, 0.2) is 0 Å². The highest BCUT2D eigenvalue weighted by Crippen LogP contribution is 2.50. The largest absolute Gasteiger partial charge is 0.497 e. The SMILES string of the molecule is COc1ccc(C(=O)N(C)[C@@H](C)C(=O)O[C@H]2CC(=O)N(C)c3cc(cc(OC)c3Cl)C/C(C)=C/C=C/[C@@H](OC)[C@]3(O)CC(=O)O[C@@H](C3)[C@@H](C)[C@@H]3O[C@@]23C)c(NC(=O)[C@H](CCCNC(N)=O)NC(=O)[C@@H](NC(=[Si])CCCCCN2C(=O)CC(C)C2=O)C(C)C)c1. The third kappa shape index (κ3) is 17.8. The van der Waals surface area contributed by atoms with Crippen molar-refractivity contribution in [2.45, 2.75) is 173 Å². The number of nitrogens with one attached hydrogen (secondary N) is 4. The number of fused-ring (bicyclic) bond motifs is 5. The standard InChI is InChI=1S/C63H87ClN8O16Si/c1-34(2)54(69-49(89)21-14-13-15-25-72-51(74)27-36(4)58(72)78)57(77)67-42(19-17-24-66-61(65)81)56(76)68-43-30-40(83-10)22-23-41(43)59(79)70(8)38(6)60(80)87-48-31-50(73)71(9)44-28-39(29-45(84-11)53(44)64)26-35(3)18-16-20-47(85-12)63(82)32-46(86-52(75)33-63)37(5)55-62(48,7)88-55/h16,18,20,22-23,28-30,34,36-38,42,46-48,54-55,69,82H,13-15,17,19,21,24-27,31-33H2,1-12H3,(H,67,77)(H,68,76)(H3,65,66,81)/b20-16+,35-18+/t36?,37-,38+,42+,46+,47-,48+,54+,55+,62+,63-/m1/s1. The van der Waals surface area contributed by atoms with E-state index in [1.807, 2.05) is 26.8 Å². The van der Waals surface area contributed by atoms with Crippen LogP contribution in [0.25, 0.3) is 0 Å². The molecule has 2 aromatic carbocycles. The molecular weight excluding hydrogens is 1190 g/mol. The van der Waals surface area contributed by atoms with Crippen molar-refractivity contribution in [3.8, 4) is 11.5 Å². The number of carbonyl (C=O) groups excluding carboxylic acids is 9. The van der Waals surface area contributed by atoms with Crippen LogP contribution in [-0.2, 0) is 58.9 Å². The first-order valence-corrected chi connectivity index (χ1v) is 30.9. The van der Waals surface area contributed by atoms with Crippen molar-refractivity contribution < 1.29 is 76.7 Å². The van der Waals surface area contributed by atoms with E-state index >= 15 is 0 Å². The van der Waals surface area contributed by atoms with E-state index in [1.165, 1.54) is 70.3 Å². The van der Waals surface area contributed by atoms with Crippen LogP contribution in [-0.4, -0.2) is 186 Å². The summed E-state index contributed by atoms with van der Waals surface area (Å²) in [7, 11) is 10.8. The van der Waals surface area contributed by atoms with E-state index in [9.17, 15) is 48.3 Å². The average Bonchev–Trinajstić information content (AvgIpc) is 1.62. The number of likely N-dealkylation sites (tertiary alicyclic amines) is 1. The molecule has 6 rings (SSSR count). The molecule has 2 aromatic rings. The fraction of sp³-hybridized carbons (Fsp3) is 0.587. The number of carbonyl (C=O) groups is 9. The summed E-state index contributed by atoms with van der Waals surface area (Å²) in [4.78, 5) is 126. The molecule has 3 fully saturated rings. The van der Waals surface area contributed by atoms with E-state index in [0.717, 1.165) is 16.0 Å². The third-order valence-electron chi connectivity index (χ3n) is 17.1. The predicted octanol–water partition coefficient (Wildman–Crippen LogP) is 4.83. The van der Waals surface area contributed by atoms with Gasteiger partial charge in [0, 0.05) is 65.0 Å². The molecule has 0 saturated carbocycles. The van der Waals surface area contributed by atoms with Crippen molar-refractivity contribution in [1.29, 1.82) is 0 Å². The zero-order chi connectivity index (χ0) is 65.8. The number of methoxy groups -OCH3 is 3. The molecule has 4 heterocycles. The number of benzene rings is 2. The second kappa shape index (κ2) is 31.0. The second-order valence-corrected chi connectivity index (χ2v) is 25.2.